The molecule has 27 heavy (non-hydrogen) atoms. The molecule has 0 saturated heterocycles. The molecule has 1 aromatic heterocycles. The van der Waals surface area contributed by atoms with E-state index in [1.807, 2.05) is 41.1 Å². The van der Waals surface area contributed by atoms with Crippen molar-refractivity contribution < 1.29 is 9.90 Å². The molecular formula is C21H21N3O2S. The first-order valence-electron chi connectivity index (χ1n) is 8.85. The number of hydrogen-bond donors (Lipinski definition) is 1. The highest BCUT2D eigenvalue weighted by Gasteiger charge is 2.15. The summed E-state index contributed by atoms with van der Waals surface area (Å²) in [6.07, 6.45) is 0.973. The molecule has 1 unspecified atom stereocenters. The van der Waals surface area contributed by atoms with E-state index in [1.165, 1.54) is 5.37 Å². The number of rotatable bonds is 7. The molecule has 138 valence electrons. The maximum Gasteiger partial charge on any atom is 0.336 e. The van der Waals surface area contributed by atoms with Crippen molar-refractivity contribution in [1.82, 2.24) is 14.8 Å². The van der Waals surface area contributed by atoms with Crippen LogP contribution in [0.15, 0.2) is 48.5 Å². The molecule has 0 radical (unpaired) electrons. The standard InChI is InChI=1S/C21H21N3O2S/c1-3-14(2)20-22-19(13-27)23-24(20)12-15-8-10-16(11-9-15)17-6-4-5-7-18(17)21(25)26/h4-11,13-14H,3,12H2,1-2H3,(H,25,26). The average Bonchev–Trinajstić information content (AvgIpc) is 3.11. The van der Waals surface area contributed by atoms with Gasteiger partial charge in [-0.3, -0.25) is 0 Å². The van der Waals surface area contributed by atoms with Crippen molar-refractivity contribution in [2.24, 2.45) is 0 Å². The van der Waals surface area contributed by atoms with Crippen LogP contribution in [-0.4, -0.2) is 31.2 Å². The van der Waals surface area contributed by atoms with Gasteiger partial charge in [-0.1, -0.05) is 68.5 Å². The minimum atomic E-state index is -0.928. The molecule has 0 bridgehead atoms. The summed E-state index contributed by atoms with van der Waals surface area (Å²) < 4.78 is 1.90. The Morgan fingerprint density at radius 2 is 1.93 bits per heavy atom. The van der Waals surface area contributed by atoms with Crippen LogP contribution in [-0.2, 0) is 6.54 Å². The van der Waals surface area contributed by atoms with Crippen LogP contribution >= 0.6 is 12.2 Å². The van der Waals surface area contributed by atoms with E-state index in [2.05, 4.69) is 23.9 Å². The second kappa shape index (κ2) is 8.22. The number of aromatic carboxylic acids is 1. The van der Waals surface area contributed by atoms with Gasteiger partial charge in [0.2, 0.25) is 0 Å². The number of benzene rings is 2. The fraction of sp³-hybridized carbons (Fsp3) is 0.238. The molecule has 3 rings (SSSR count). The smallest absolute Gasteiger partial charge is 0.336 e. The lowest BCUT2D eigenvalue weighted by atomic mass is 9.99. The Morgan fingerprint density at radius 3 is 2.56 bits per heavy atom. The lowest BCUT2D eigenvalue weighted by Gasteiger charge is -2.11. The molecule has 0 fully saturated rings. The van der Waals surface area contributed by atoms with Gasteiger partial charge in [0, 0.05) is 11.3 Å². The van der Waals surface area contributed by atoms with Crippen LogP contribution in [0.4, 0.5) is 0 Å². The van der Waals surface area contributed by atoms with E-state index in [0.29, 0.717) is 29.4 Å². The molecule has 2 aromatic carbocycles. The fourth-order valence-corrected chi connectivity index (χ4v) is 3.07. The molecule has 1 atom stereocenters. The third-order valence-corrected chi connectivity index (χ3v) is 4.84. The van der Waals surface area contributed by atoms with Crippen LogP contribution in [0.5, 0.6) is 0 Å². The van der Waals surface area contributed by atoms with E-state index in [1.54, 1.807) is 12.1 Å². The van der Waals surface area contributed by atoms with Crippen LogP contribution in [0.3, 0.4) is 0 Å². The van der Waals surface area contributed by atoms with E-state index in [9.17, 15) is 9.90 Å². The largest absolute Gasteiger partial charge is 0.478 e. The van der Waals surface area contributed by atoms with Gasteiger partial charge in [-0.15, -0.1) is 0 Å². The molecule has 1 N–H and O–H groups in total. The minimum absolute atomic E-state index is 0.294. The molecule has 0 spiro atoms. The van der Waals surface area contributed by atoms with Gasteiger partial charge in [-0.25, -0.2) is 14.5 Å². The van der Waals surface area contributed by atoms with Crippen LogP contribution in [0.1, 0.15) is 53.8 Å². The first-order valence-corrected chi connectivity index (χ1v) is 9.32. The van der Waals surface area contributed by atoms with Crippen LogP contribution < -0.4 is 0 Å². The summed E-state index contributed by atoms with van der Waals surface area (Å²) in [5.74, 6) is 0.854. The summed E-state index contributed by atoms with van der Waals surface area (Å²) in [5.41, 5.74) is 2.95. The normalized spacial score (nSPS) is 11.9. The monoisotopic (exact) mass is 379 g/mol. The topological polar surface area (TPSA) is 68.0 Å². The van der Waals surface area contributed by atoms with Gasteiger partial charge in [-0.2, -0.15) is 5.10 Å². The van der Waals surface area contributed by atoms with E-state index in [4.69, 9.17) is 12.2 Å². The lowest BCUT2D eigenvalue weighted by molar-refractivity contribution is 0.0697. The number of carboxylic acids is 1. The summed E-state index contributed by atoms with van der Waals surface area (Å²) in [4.78, 5) is 16.0. The Labute approximate surface area is 163 Å². The number of hydrogen-bond acceptors (Lipinski definition) is 4. The molecule has 0 aliphatic carbocycles. The number of carboxylic acid groups (broad SMARTS) is 1. The molecular weight excluding hydrogens is 358 g/mol. The van der Waals surface area contributed by atoms with E-state index >= 15 is 0 Å². The van der Waals surface area contributed by atoms with Gasteiger partial charge in [0.1, 0.15) is 5.82 Å². The van der Waals surface area contributed by atoms with E-state index < -0.39 is 5.97 Å². The number of nitrogens with zero attached hydrogens (tertiary/aromatic N) is 3. The second-order valence-corrected chi connectivity index (χ2v) is 6.70. The third-order valence-electron chi connectivity index (χ3n) is 4.63. The zero-order valence-corrected chi connectivity index (χ0v) is 16.1. The van der Waals surface area contributed by atoms with Gasteiger partial charge in [0.05, 0.1) is 12.1 Å². The fourth-order valence-electron chi connectivity index (χ4n) is 2.97. The first-order chi connectivity index (χ1) is 13.0. The Bertz CT molecular complexity index is 964. The third kappa shape index (κ3) is 4.11. The summed E-state index contributed by atoms with van der Waals surface area (Å²) in [5, 5.41) is 15.4. The molecule has 6 heteroatoms. The SMILES string of the molecule is CCC(C)c1nc(C=S)nn1Cc1ccc(-c2ccccc2C(=O)O)cc1. The van der Waals surface area contributed by atoms with Crippen molar-refractivity contribution in [2.75, 3.05) is 0 Å². The zero-order chi connectivity index (χ0) is 19.4. The molecule has 0 saturated carbocycles. The van der Waals surface area contributed by atoms with Crippen molar-refractivity contribution in [3.05, 3.63) is 71.3 Å². The highest BCUT2D eigenvalue weighted by molar-refractivity contribution is 7.79. The van der Waals surface area contributed by atoms with E-state index in [0.717, 1.165) is 23.4 Å². The lowest BCUT2D eigenvalue weighted by Crippen LogP contribution is -2.09. The molecule has 0 amide bonds. The minimum Gasteiger partial charge on any atom is -0.478 e. The van der Waals surface area contributed by atoms with Gasteiger partial charge >= 0.3 is 5.97 Å². The number of carbonyl (C=O) groups is 1. The second-order valence-electron chi connectivity index (χ2n) is 6.46. The van der Waals surface area contributed by atoms with Crippen molar-refractivity contribution in [2.45, 2.75) is 32.7 Å². The van der Waals surface area contributed by atoms with Gasteiger partial charge < -0.3 is 5.11 Å². The summed E-state index contributed by atoms with van der Waals surface area (Å²) in [6.45, 7) is 4.84. The Balaban J connectivity index is 1.88. The maximum absolute atomic E-state index is 11.4. The molecule has 0 aliphatic rings. The molecule has 3 aromatic rings. The highest BCUT2D eigenvalue weighted by atomic mass is 32.1. The predicted octanol–water partition coefficient (Wildman–Crippen LogP) is 4.55. The molecule has 0 aliphatic heterocycles. The molecule has 5 nitrogen and oxygen atoms in total. The summed E-state index contributed by atoms with van der Waals surface area (Å²) in [6, 6.07) is 14.9. The van der Waals surface area contributed by atoms with Gasteiger partial charge in [0.15, 0.2) is 5.82 Å². The van der Waals surface area contributed by atoms with Crippen LogP contribution in [0, 0.1) is 0 Å². The summed E-state index contributed by atoms with van der Waals surface area (Å²) in [7, 11) is 0. The quantitative estimate of drug-likeness (QED) is 0.610. The van der Waals surface area contributed by atoms with E-state index in [-0.39, 0.29) is 0 Å². The Kier molecular flexibility index (Phi) is 5.76. The van der Waals surface area contributed by atoms with Crippen LogP contribution in [0.2, 0.25) is 0 Å². The van der Waals surface area contributed by atoms with Gasteiger partial charge in [0.25, 0.3) is 0 Å². The van der Waals surface area contributed by atoms with Crippen molar-refractivity contribution >= 4 is 23.6 Å². The summed E-state index contributed by atoms with van der Waals surface area (Å²) >= 11 is 4.97. The highest BCUT2D eigenvalue weighted by Crippen LogP contribution is 2.25. The van der Waals surface area contributed by atoms with Crippen molar-refractivity contribution in [3.8, 4) is 11.1 Å². The zero-order valence-electron chi connectivity index (χ0n) is 15.3. The molecule has 1 heterocycles. The Morgan fingerprint density at radius 1 is 1.22 bits per heavy atom. The Hall–Kier alpha value is -2.86. The maximum atomic E-state index is 11.4. The number of aromatic nitrogens is 3. The first kappa shape index (κ1) is 18.9. The number of thiocarbonyl (C=S) groups is 1. The predicted molar refractivity (Wildman–Crippen MR) is 109 cm³/mol. The average molecular weight is 379 g/mol. The van der Waals surface area contributed by atoms with Gasteiger partial charge in [-0.05, 0) is 29.2 Å². The van der Waals surface area contributed by atoms with Crippen molar-refractivity contribution in [3.63, 3.8) is 0 Å². The van der Waals surface area contributed by atoms with Crippen LogP contribution in [0.25, 0.3) is 11.1 Å². The van der Waals surface area contributed by atoms with Crippen molar-refractivity contribution in [1.29, 1.82) is 0 Å².